The lowest BCUT2D eigenvalue weighted by Crippen LogP contribution is -2.29. The largest absolute Gasteiger partial charge is 0.399 e. The van der Waals surface area contributed by atoms with Crippen molar-refractivity contribution >= 4 is 17.4 Å². The van der Waals surface area contributed by atoms with Crippen molar-refractivity contribution in [1.82, 2.24) is 5.32 Å². The molecule has 1 aromatic rings. The molecule has 94 valence electrons. The van der Waals surface area contributed by atoms with Crippen molar-refractivity contribution in [2.24, 2.45) is 0 Å². The first-order chi connectivity index (χ1) is 8.22. The molecule has 0 saturated heterocycles. The van der Waals surface area contributed by atoms with Crippen LogP contribution in [0.15, 0.2) is 24.3 Å². The molecule has 0 aliphatic heterocycles. The summed E-state index contributed by atoms with van der Waals surface area (Å²) >= 11 is 0. The molecule has 5 nitrogen and oxygen atoms in total. The molecule has 17 heavy (non-hydrogen) atoms. The SMILES string of the molecule is COCCCCNC(=O)Nc1cccc(N)c1. The summed E-state index contributed by atoms with van der Waals surface area (Å²) < 4.78 is 4.92. The van der Waals surface area contributed by atoms with Crippen LogP contribution in [0.25, 0.3) is 0 Å². The van der Waals surface area contributed by atoms with Crippen molar-refractivity contribution in [2.45, 2.75) is 12.8 Å². The molecular formula is C12H19N3O2. The smallest absolute Gasteiger partial charge is 0.319 e. The van der Waals surface area contributed by atoms with Crippen molar-refractivity contribution in [3.05, 3.63) is 24.3 Å². The molecule has 0 aliphatic carbocycles. The third kappa shape index (κ3) is 5.77. The number of anilines is 2. The number of carbonyl (C=O) groups excluding carboxylic acids is 1. The van der Waals surface area contributed by atoms with Crippen LogP contribution in [0.5, 0.6) is 0 Å². The number of hydrogen-bond acceptors (Lipinski definition) is 3. The van der Waals surface area contributed by atoms with E-state index in [1.54, 1.807) is 31.4 Å². The van der Waals surface area contributed by atoms with E-state index >= 15 is 0 Å². The molecule has 0 radical (unpaired) electrons. The second kappa shape index (κ2) is 7.51. The number of benzene rings is 1. The molecule has 4 N–H and O–H groups in total. The van der Waals surface area contributed by atoms with Gasteiger partial charge in [0.1, 0.15) is 0 Å². The van der Waals surface area contributed by atoms with E-state index in [0.29, 0.717) is 17.9 Å². The number of nitrogens with two attached hydrogens (primary N) is 1. The Bertz CT molecular complexity index is 355. The van der Waals surface area contributed by atoms with Crippen molar-refractivity contribution in [2.75, 3.05) is 31.3 Å². The average Bonchev–Trinajstić information content (AvgIpc) is 2.29. The maximum Gasteiger partial charge on any atom is 0.319 e. The summed E-state index contributed by atoms with van der Waals surface area (Å²) in [5, 5.41) is 5.48. The maximum absolute atomic E-state index is 11.5. The normalized spacial score (nSPS) is 9.94. The zero-order valence-electron chi connectivity index (χ0n) is 10.0. The van der Waals surface area contributed by atoms with E-state index in [1.165, 1.54) is 0 Å². The monoisotopic (exact) mass is 237 g/mol. The lowest BCUT2D eigenvalue weighted by atomic mass is 10.3. The number of carbonyl (C=O) groups is 1. The number of urea groups is 1. The molecule has 0 aromatic heterocycles. The maximum atomic E-state index is 11.5. The van der Waals surface area contributed by atoms with Gasteiger partial charge in [-0.3, -0.25) is 0 Å². The van der Waals surface area contributed by atoms with Gasteiger partial charge in [-0.1, -0.05) is 6.07 Å². The number of nitrogen functional groups attached to an aromatic ring is 1. The first-order valence-electron chi connectivity index (χ1n) is 5.61. The summed E-state index contributed by atoms with van der Waals surface area (Å²) in [6.45, 7) is 1.36. The molecule has 0 atom stereocenters. The lowest BCUT2D eigenvalue weighted by molar-refractivity contribution is 0.192. The number of methoxy groups -OCH3 is 1. The molecule has 1 aromatic carbocycles. The van der Waals surface area contributed by atoms with E-state index in [-0.39, 0.29) is 6.03 Å². The quantitative estimate of drug-likeness (QED) is 0.521. The van der Waals surface area contributed by atoms with Gasteiger partial charge in [-0.2, -0.15) is 0 Å². The van der Waals surface area contributed by atoms with E-state index in [1.807, 2.05) is 0 Å². The third-order valence-electron chi connectivity index (χ3n) is 2.21. The van der Waals surface area contributed by atoms with E-state index in [2.05, 4.69) is 10.6 Å². The minimum atomic E-state index is -0.215. The molecule has 0 aliphatic rings. The summed E-state index contributed by atoms with van der Waals surface area (Å²) in [4.78, 5) is 11.5. The van der Waals surface area contributed by atoms with Gasteiger partial charge in [0, 0.05) is 31.6 Å². The molecule has 0 saturated carbocycles. The van der Waals surface area contributed by atoms with Gasteiger partial charge >= 0.3 is 6.03 Å². The Morgan fingerprint density at radius 3 is 2.94 bits per heavy atom. The summed E-state index contributed by atoms with van der Waals surface area (Å²) in [6, 6.07) is 6.86. The lowest BCUT2D eigenvalue weighted by Gasteiger charge is -2.07. The van der Waals surface area contributed by atoms with Crippen LogP contribution in [0, 0.1) is 0 Å². The molecule has 0 fully saturated rings. The Morgan fingerprint density at radius 1 is 1.41 bits per heavy atom. The summed E-state index contributed by atoms with van der Waals surface area (Å²) in [5.74, 6) is 0. The van der Waals surface area contributed by atoms with Crippen LogP contribution in [-0.4, -0.2) is 26.3 Å². The van der Waals surface area contributed by atoms with Crippen LogP contribution in [0.1, 0.15) is 12.8 Å². The van der Waals surface area contributed by atoms with E-state index in [4.69, 9.17) is 10.5 Å². The highest BCUT2D eigenvalue weighted by Crippen LogP contribution is 2.11. The molecular weight excluding hydrogens is 218 g/mol. The zero-order valence-corrected chi connectivity index (χ0v) is 10.0. The standard InChI is InChI=1S/C12H19N3O2/c1-17-8-3-2-7-14-12(16)15-11-6-4-5-10(13)9-11/h4-6,9H,2-3,7-8,13H2,1H3,(H2,14,15,16). The van der Waals surface area contributed by atoms with E-state index < -0.39 is 0 Å². The Balaban J connectivity index is 2.21. The minimum Gasteiger partial charge on any atom is -0.399 e. The van der Waals surface area contributed by atoms with E-state index in [0.717, 1.165) is 19.4 Å². The van der Waals surface area contributed by atoms with Gasteiger partial charge in [0.15, 0.2) is 0 Å². The number of unbranched alkanes of at least 4 members (excludes halogenated alkanes) is 1. The number of rotatable bonds is 6. The van der Waals surface area contributed by atoms with Gasteiger partial charge in [0.05, 0.1) is 0 Å². The molecule has 0 unspecified atom stereocenters. The second-order valence-electron chi connectivity index (χ2n) is 3.71. The Morgan fingerprint density at radius 2 is 2.24 bits per heavy atom. The van der Waals surface area contributed by atoms with Crippen LogP contribution in [-0.2, 0) is 4.74 Å². The van der Waals surface area contributed by atoms with Crippen molar-refractivity contribution < 1.29 is 9.53 Å². The topological polar surface area (TPSA) is 76.4 Å². The number of nitrogens with one attached hydrogen (secondary N) is 2. The summed E-state index contributed by atoms with van der Waals surface area (Å²) in [6.07, 6.45) is 1.84. The van der Waals surface area contributed by atoms with Gasteiger partial charge in [0.2, 0.25) is 0 Å². The fourth-order valence-corrected chi connectivity index (χ4v) is 1.37. The molecule has 0 heterocycles. The summed E-state index contributed by atoms with van der Waals surface area (Å²) in [7, 11) is 1.67. The van der Waals surface area contributed by atoms with Gasteiger partial charge in [-0.15, -0.1) is 0 Å². The van der Waals surface area contributed by atoms with Gasteiger partial charge in [-0.05, 0) is 31.0 Å². The van der Waals surface area contributed by atoms with E-state index in [9.17, 15) is 4.79 Å². The molecule has 0 spiro atoms. The van der Waals surface area contributed by atoms with Crippen LogP contribution in [0.4, 0.5) is 16.2 Å². The number of hydrogen-bond donors (Lipinski definition) is 3. The Hall–Kier alpha value is -1.75. The third-order valence-corrected chi connectivity index (χ3v) is 2.21. The molecule has 0 bridgehead atoms. The fourth-order valence-electron chi connectivity index (χ4n) is 1.37. The summed E-state index contributed by atoms with van der Waals surface area (Å²) in [5.41, 5.74) is 6.93. The van der Waals surface area contributed by atoms with Crippen molar-refractivity contribution in [1.29, 1.82) is 0 Å². The predicted molar refractivity (Wildman–Crippen MR) is 69.0 cm³/mol. The second-order valence-corrected chi connectivity index (χ2v) is 3.71. The molecule has 2 amide bonds. The van der Waals surface area contributed by atoms with Crippen LogP contribution < -0.4 is 16.4 Å². The van der Waals surface area contributed by atoms with Crippen molar-refractivity contribution in [3.63, 3.8) is 0 Å². The van der Waals surface area contributed by atoms with Gasteiger partial charge < -0.3 is 21.1 Å². The van der Waals surface area contributed by atoms with Crippen LogP contribution in [0.3, 0.4) is 0 Å². The first kappa shape index (κ1) is 13.3. The molecule has 1 rings (SSSR count). The molecule has 5 heteroatoms. The minimum absolute atomic E-state index is 0.215. The highest BCUT2D eigenvalue weighted by molar-refractivity contribution is 5.89. The highest BCUT2D eigenvalue weighted by Gasteiger charge is 2.00. The van der Waals surface area contributed by atoms with Crippen LogP contribution >= 0.6 is 0 Å². The average molecular weight is 237 g/mol. The number of amides is 2. The first-order valence-corrected chi connectivity index (χ1v) is 5.61. The van der Waals surface area contributed by atoms with Crippen LogP contribution in [0.2, 0.25) is 0 Å². The van der Waals surface area contributed by atoms with Gasteiger partial charge in [0.25, 0.3) is 0 Å². The predicted octanol–water partition coefficient (Wildman–Crippen LogP) is 1.82. The highest BCUT2D eigenvalue weighted by atomic mass is 16.5. The Kier molecular flexibility index (Phi) is 5.88. The van der Waals surface area contributed by atoms with Crippen molar-refractivity contribution in [3.8, 4) is 0 Å². The zero-order chi connectivity index (χ0) is 12.5. The number of ether oxygens (including phenoxy) is 1. The Labute approximate surface area is 101 Å². The van der Waals surface area contributed by atoms with Gasteiger partial charge in [-0.25, -0.2) is 4.79 Å². The fraction of sp³-hybridized carbons (Fsp3) is 0.417.